The minimum Gasteiger partial charge on any atom is -0.225 e. The number of rotatable bonds is 0. The maximum absolute atomic E-state index is 9.12. The van der Waals surface area contributed by atoms with E-state index in [2.05, 4.69) is 29.1 Å². The van der Waals surface area contributed by atoms with Gasteiger partial charge in [0.05, 0.1) is 28.1 Å². The third kappa shape index (κ3) is 3.09. The van der Waals surface area contributed by atoms with Crippen LogP contribution in [0.2, 0.25) is 0 Å². The Balaban J connectivity index is 1.78. The zero-order valence-corrected chi connectivity index (χ0v) is 19.4. The van der Waals surface area contributed by atoms with E-state index in [1.54, 1.807) is 45.3 Å². The second-order valence-electron chi connectivity index (χ2n) is 6.35. The van der Waals surface area contributed by atoms with Gasteiger partial charge in [-0.3, -0.25) is 0 Å². The third-order valence-corrected chi connectivity index (χ3v) is 11.0. The molecule has 0 saturated carbocycles. The fraction of sp³-hybridized carbons (Fsp3) is 0.0455. The van der Waals surface area contributed by atoms with Crippen LogP contribution in [0, 0.1) is 47.4 Å². The Bertz CT molecular complexity index is 1890. The minimum absolute atomic E-state index is 0.147. The first-order chi connectivity index (χ1) is 14.6. The second kappa shape index (κ2) is 7.49. The molecule has 0 aliphatic rings. The molecule has 0 spiro atoms. The highest BCUT2D eigenvalue weighted by molar-refractivity contribution is 7.37. The summed E-state index contributed by atoms with van der Waals surface area (Å²) in [6.45, 7) is 8.99. The van der Waals surface area contributed by atoms with Gasteiger partial charge in [-0.1, -0.05) is 6.07 Å². The van der Waals surface area contributed by atoms with Crippen LogP contribution in [-0.2, 0) is 0 Å². The highest BCUT2D eigenvalue weighted by atomic mass is 32.1. The van der Waals surface area contributed by atoms with Crippen molar-refractivity contribution >= 4 is 86.8 Å². The van der Waals surface area contributed by atoms with Crippen molar-refractivity contribution in [1.29, 1.82) is 10.5 Å². The van der Waals surface area contributed by atoms with Gasteiger partial charge in [-0.15, -0.1) is 56.7 Å². The number of nitrogens with zero attached hydrogens (tertiary/aromatic N) is 3. The lowest BCUT2D eigenvalue weighted by molar-refractivity contribution is 1.52. The van der Waals surface area contributed by atoms with Gasteiger partial charge >= 0.3 is 0 Å². The van der Waals surface area contributed by atoms with Gasteiger partial charge in [0.15, 0.2) is 0 Å². The number of fused-ring (bicyclic) bond motifs is 3. The summed E-state index contributed by atoms with van der Waals surface area (Å²) in [7, 11) is 0. The second-order valence-corrected chi connectivity index (χ2v) is 11.7. The molecular weight excluding hydrogens is 467 g/mol. The first kappa shape index (κ1) is 19.2. The fourth-order valence-electron chi connectivity index (χ4n) is 3.04. The molecule has 0 amide bonds. The molecule has 3 nitrogen and oxygen atoms in total. The molecule has 0 radical (unpaired) electrons. The van der Waals surface area contributed by atoms with Crippen LogP contribution < -0.4 is 9.06 Å². The molecule has 5 heterocycles. The summed E-state index contributed by atoms with van der Waals surface area (Å²) in [6.07, 6.45) is 0. The Hall–Kier alpha value is -2.77. The molecule has 0 bridgehead atoms. The lowest BCUT2D eigenvalue weighted by Gasteiger charge is -1.77. The van der Waals surface area contributed by atoms with Crippen molar-refractivity contribution in [2.24, 2.45) is 0 Å². The van der Waals surface area contributed by atoms with Crippen LogP contribution >= 0.6 is 56.7 Å². The highest BCUT2D eigenvalue weighted by Gasteiger charge is 2.10. The van der Waals surface area contributed by atoms with Gasteiger partial charge < -0.3 is 0 Å². The molecule has 0 saturated heterocycles. The maximum Gasteiger partial charge on any atom is 0.278 e. The summed E-state index contributed by atoms with van der Waals surface area (Å²) < 4.78 is 11.6. The third-order valence-electron chi connectivity index (χ3n) is 4.51. The molecule has 0 aliphatic carbocycles. The highest BCUT2D eigenvalue weighted by Crippen LogP contribution is 2.42. The van der Waals surface area contributed by atoms with E-state index in [-0.39, 0.29) is 5.70 Å². The van der Waals surface area contributed by atoms with Crippen molar-refractivity contribution in [2.45, 2.75) is 6.92 Å². The molecule has 5 aromatic heterocycles. The van der Waals surface area contributed by atoms with E-state index in [0.29, 0.717) is 0 Å². The SMILES string of the molecule is [C-]#[N+]/C(C#N)=c1\cc/c(=c2\cc3sc4c/c(=c5/cc/c(=C(\C)C#N)s5)sc4c3s2)s1. The van der Waals surface area contributed by atoms with Gasteiger partial charge in [0.2, 0.25) is 0 Å². The largest absolute Gasteiger partial charge is 0.278 e. The molecule has 142 valence electrons. The zero-order chi connectivity index (χ0) is 20.8. The van der Waals surface area contributed by atoms with Gasteiger partial charge in [-0.25, -0.2) is 10.1 Å². The van der Waals surface area contributed by atoms with Crippen molar-refractivity contribution in [2.75, 3.05) is 0 Å². The Kier molecular flexibility index (Phi) is 4.79. The van der Waals surface area contributed by atoms with E-state index in [4.69, 9.17) is 17.1 Å². The molecule has 0 fully saturated rings. The average Bonchev–Trinajstić information content (AvgIpc) is 3.53. The van der Waals surface area contributed by atoms with E-state index in [1.807, 2.05) is 31.2 Å². The van der Waals surface area contributed by atoms with Crippen LogP contribution in [0.1, 0.15) is 6.92 Å². The Morgan fingerprint density at radius 3 is 1.87 bits per heavy atom. The van der Waals surface area contributed by atoms with Crippen LogP contribution in [0.25, 0.3) is 34.9 Å². The number of thiophene rings is 5. The van der Waals surface area contributed by atoms with Crippen LogP contribution in [-0.4, -0.2) is 0 Å². The Morgan fingerprint density at radius 2 is 1.33 bits per heavy atom. The molecule has 0 N–H and O–H groups in total. The number of hydrogen-bond acceptors (Lipinski definition) is 7. The molecule has 0 aliphatic heterocycles. The first-order valence-corrected chi connectivity index (χ1v) is 12.7. The van der Waals surface area contributed by atoms with Crippen molar-refractivity contribution in [3.05, 3.63) is 75.0 Å². The molecule has 5 aromatic rings. The van der Waals surface area contributed by atoms with Crippen LogP contribution in [0.15, 0.2) is 36.4 Å². The van der Waals surface area contributed by atoms with Gasteiger partial charge in [-0.05, 0) is 37.3 Å². The van der Waals surface area contributed by atoms with E-state index < -0.39 is 0 Å². The summed E-state index contributed by atoms with van der Waals surface area (Å²) in [6, 6.07) is 16.6. The van der Waals surface area contributed by atoms with Crippen molar-refractivity contribution in [1.82, 2.24) is 0 Å². The lowest BCUT2D eigenvalue weighted by atomic mass is 10.3. The number of nitriles is 2. The van der Waals surface area contributed by atoms with Gasteiger partial charge in [0, 0.05) is 42.2 Å². The predicted molar refractivity (Wildman–Crippen MR) is 129 cm³/mol. The Labute approximate surface area is 190 Å². The zero-order valence-electron chi connectivity index (χ0n) is 15.3. The van der Waals surface area contributed by atoms with E-state index >= 15 is 0 Å². The van der Waals surface area contributed by atoms with E-state index in [9.17, 15) is 0 Å². The molecule has 0 unspecified atom stereocenters. The summed E-state index contributed by atoms with van der Waals surface area (Å²) in [5.74, 6) is 0. The molecule has 0 atom stereocenters. The van der Waals surface area contributed by atoms with Crippen molar-refractivity contribution < 1.29 is 0 Å². The van der Waals surface area contributed by atoms with Crippen molar-refractivity contribution in [3.8, 4) is 12.1 Å². The van der Waals surface area contributed by atoms with E-state index in [0.717, 1.165) is 19.2 Å². The Morgan fingerprint density at radius 1 is 0.767 bits per heavy atom. The minimum atomic E-state index is 0.147. The first-order valence-electron chi connectivity index (χ1n) is 8.66. The van der Waals surface area contributed by atoms with Crippen LogP contribution in [0.5, 0.6) is 0 Å². The maximum atomic E-state index is 9.12. The van der Waals surface area contributed by atoms with Gasteiger partial charge in [0.25, 0.3) is 5.70 Å². The quantitative estimate of drug-likeness (QED) is 0.253. The lowest BCUT2D eigenvalue weighted by Crippen LogP contribution is -1.92. The summed E-state index contributed by atoms with van der Waals surface area (Å²) in [5, 5.41) is 18.2. The molecule has 8 heteroatoms. The predicted octanol–water partition coefficient (Wildman–Crippen LogP) is 6.12. The average molecular weight is 476 g/mol. The number of hydrogen-bond donors (Lipinski definition) is 0. The summed E-state index contributed by atoms with van der Waals surface area (Å²) >= 11 is 8.52. The summed E-state index contributed by atoms with van der Waals surface area (Å²) in [5.41, 5.74) is 0.898. The molecular formula is C22H9N3S5. The normalized spacial score (nSPS) is 15.5. The van der Waals surface area contributed by atoms with Gasteiger partial charge in [-0.2, -0.15) is 5.26 Å². The van der Waals surface area contributed by atoms with Crippen LogP contribution in [0.3, 0.4) is 0 Å². The van der Waals surface area contributed by atoms with Crippen molar-refractivity contribution in [3.63, 3.8) is 0 Å². The monoisotopic (exact) mass is 475 g/mol. The standard InChI is InChI=1S/C22H9N3S5/c1-11(9-23)13-3-5-15(26-13)17-7-19-21(29-17)22-20(28-19)8-18(30-22)16-6-4-14(27-16)12(10-24)25-2/h3-8H,1H3/b13-11-,14-12+,17-15+,18-16-. The van der Waals surface area contributed by atoms with Crippen LogP contribution in [0.4, 0.5) is 0 Å². The molecule has 30 heavy (non-hydrogen) atoms. The smallest absolute Gasteiger partial charge is 0.225 e. The van der Waals surface area contributed by atoms with E-state index in [1.165, 1.54) is 43.7 Å². The molecule has 5 rings (SSSR count). The topological polar surface area (TPSA) is 51.9 Å². The van der Waals surface area contributed by atoms with Gasteiger partial charge in [0.1, 0.15) is 0 Å². The fourth-order valence-corrected chi connectivity index (χ4v) is 9.13. The molecule has 0 aromatic carbocycles. The summed E-state index contributed by atoms with van der Waals surface area (Å²) in [4.78, 5) is 3.31.